The van der Waals surface area contributed by atoms with Crippen LogP contribution in [0.5, 0.6) is 0 Å². The van der Waals surface area contributed by atoms with Crippen LogP contribution in [0.15, 0.2) is 0 Å². The number of hydrogen-bond acceptors (Lipinski definition) is 6. The normalized spacial score (nSPS) is 22.2. The van der Waals surface area contributed by atoms with E-state index in [2.05, 4.69) is 29.8 Å². The molecule has 1 aliphatic carbocycles. The van der Waals surface area contributed by atoms with Gasteiger partial charge in [-0.2, -0.15) is 0 Å². The van der Waals surface area contributed by atoms with Crippen LogP contribution in [0, 0.1) is 0 Å². The Hall–Kier alpha value is -0.0231. The van der Waals surface area contributed by atoms with Crippen molar-refractivity contribution in [3.05, 3.63) is 0 Å². The van der Waals surface area contributed by atoms with Gasteiger partial charge in [0.2, 0.25) is 0 Å². The molecule has 1 aliphatic rings. The summed E-state index contributed by atoms with van der Waals surface area (Å²) in [5.41, 5.74) is 0. The molecule has 0 unspecified atom stereocenters. The van der Waals surface area contributed by atoms with Crippen molar-refractivity contribution in [3.8, 4) is 0 Å². The molecule has 0 saturated heterocycles. The molecule has 1 rings (SSSR count). The first-order chi connectivity index (χ1) is 11.5. The predicted molar refractivity (Wildman–Crippen MR) is 101 cm³/mol. The second-order valence-corrected chi connectivity index (χ2v) is 10.1. The number of nitrogens with one attached hydrogen (secondary N) is 3. The standard InChI is InChI=1S/C17H39N3O3Si/c1-15(2)18-12-13-20-17-9-7-16(8-10-17)19-11-6-14-24(21-3,22-4)23-5/h15-20H,6-14H2,1-5H3. The predicted octanol–water partition coefficient (Wildman–Crippen LogP) is 1.74. The van der Waals surface area contributed by atoms with E-state index in [1.54, 1.807) is 21.3 Å². The molecule has 0 bridgehead atoms. The molecule has 144 valence electrons. The Balaban J connectivity index is 2.07. The summed E-state index contributed by atoms with van der Waals surface area (Å²) in [6, 6.07) is 2.78. The van der Waals surface area contributed by atoms with E-state index < -0.39 is 8.80 Å². The lowest BCUT2D eigenvalue weighted by Crippen LogP contribution is -2.44. The molecule has 0 amide bonds. The molecule has 0 radical (unpaired) electrons. The van der Waals surface area contributed by atoms with E-state index in [0.717, 1.165) is 32.1 Å². The van der Waals surface area contributed by atoms with Crippen molar-refractivity contribution in [1.82, 2.24) is 16.0 Å². The molecule has 3 N–H and O–H groups in total. The second-order valence-electron chi connectivity index (χ2n) is 6.96. The first-order valence-corrected chi connectivity index (χ1v) is 11.3. The van der Waals surface area contributed by atoms with Crippen LogP contribution < -0.4 is 16.0 Å². The maximum absolute atomic E-state index is 5.46. The Kier molecular flexibility index (Phi) is 11.3. The van der Waals surface area contributed by atoms with Crippen molar-refractivity contribution in [2.75, 3.05) is 41.0 Å². The van der Waals surface area contributed by atoms with E-state index >= 15 is 0 Å². The average Bonchev–Trinajstić information content (AvgIpc) is 2.60. The first-order valence-electron chi connectivity index (χ1n) is 9.41. The Morgan fingerprint density at radius 2 is 1.33 bits per heavy atom. The molecule has 0 aromatic carbocycles. The summed E-state index contributed by atoms with van der Waals surface area (Å²) < 4.78 is 16.4. The van der Waals surface area contributed by atoms with Gasteiger partial charge in [-0.05, 0) is 38.6 Å². The third-order valence-electron chi connectivity index (χ3n) is 4.86. The van der Waals surface area contributed by atoms with Crippen LogP contribution in [0.3, 0.4) is 0 Å². The highest BCUT2D eigenvalue weighted by Gasteiger charge is 2.36. The van der Waals surface area contributed by atoms with Crippen molar-refractivity contribution in [2.24, 2.45) is 0 Å². The lowest BCUT2D eigenvalue weighted by atomic mass is 9.91. The van der Waals surface area contributed by atoms with E-state index in [9.17, 15) is 0 Å². The van der Waals surface area contributed by atoms with Gasteiger partial charge in [0.1, 0.15) is 0 Å². The summed E-state index contributed by atoms with van der Waals surface area (Å²) in [5.74, 6) is 0. The summed E-state index contributed by atoms with van der Waals surface area (Å²) in [5, 5.41) is 10.8. The van der Waals surface area contributed by atoms with Crippen LogP contribution in [0.4, 0.5) is 0 Å². The highest BCUT2D eigenvalue weighted by atomic mass is 28.4. The topological polar surface area (TPSA) is 63.8 Å². The molecular weight excluding hydrogens is 322 g/mol. The van der Waals surface area contributed by atoms with Gasteiger partial charge in [-0.3, -0.25) is 0 Å². The van der Waals surface area contributed by atoms with Gasteiger partial charge >= 0.3 is 8.80 Å². The minimum Gasteiger partial charge on any atom is -0.377 e. The molecule has 1 saturated carbocycles. The summed E-state index contributed by atoms with van der Waals surface area (Å²) >= 11 is 0. The Morgan fingerprint density at radius 1 is 0.833 bits per heavy atom. The highest BCUT2D eigenvalue weighted by molar-refractivity contribution is 6.60. The van der Waals surface area contributed by atoms with Crippen molar-refractivity contribution >= 4 is 8.80 Å². The maximum atomic E-state index is 5.46. The van der Waals surface area contributed by atoms with Crippen molar-refractivity contribution < 1.29 is 13.3 Å². The van der Waals surface area contributed by atoms with Crippen LogP contribution in [-0.2, 0) is 13.3 Å². The Bertz CT molecular complexity index is 301. The third-order valence-corrected chi connectivity index (χ3v) is 7.70. The van der Waals surface area contributed by atoms with E-state index in [1.807, 2.05) is 0 Å². The largest absolute Gasteiger partial charge is 0.500 e. The van der Waals surface area contributed by atoms with Gasteiger partial charge in [0.25, 0.3) is 0 Å². The van der Waals surface area contributed by atoms with Crippen LogP contribution in [0.2, 0.25) is 6.04 Å². The summed E-state index contributed by atoms with van der Waals surface area (Å²) in [6.45, 7) is 7.51. The van der Waals surface area contributed by atoms with Gasteiger partial charge in [0.05, 0.1) is 0 Å². The summed E-state index contributed by atoms with van der Waals surface area (Å²) in [6.07, 6.45) is 6.09. The number of hydrogen-bond donors (Lipinski definition) is 3. The molecule has 7 heteroatoms. The molecule has 0 atom stereocenters. The zero-order chi connectivity index (χ0) is 17.8. The van der Waals surface area contributed by atoms with E-state index in [-0.39, 0.29) is 0 Å². The van der Waals surface area contributed by atoms with Crippen molar-refractivity contribution in [2.45, 2.75) is 70.1 Å². The molecule has 0 aliphatic heterocycles. The minimum absolute atomic E-state index is 0.572. The molecule has 0 aromatic heterocycles. The molecule has 0 spiro atoms. The van der Waals surface area contributed by atoms with Crippen molar-refractivity contribution in [1.29, 1.82) is 0 Å². The van der Waals surface area contributed by atoms with Crippen molar-refractivity contribution in [3.63, 3.8) is 0 Å². The fraction of sp³-hybridized carbons (Fsp3) is 1.00. The molecule has 6 nitrogen and oxygen atoms in total. The maximum Gasteiger partial charge on any atom is 0.500 e. The van der Waals surface area contributed by atoms with Crippen LogP contribution in [0.25, 0.3) is 0 Å². The Labute approximate surface area is 149 Å². The van der Waals surface area contributed by atoms with Gasteiger partial charge in [0.15, 0.2) is 0 Å². The third kappa shape index (κ3) is 8.38. The number of rotatable bonds is 13. The van der Waals surface area contributed by atoms with Gasteiger partial charge in [-0.25, -0.2) is 0 Å². The monoisotopic (exact) mass is 361 g/mol. The van der Waals surface area contributed by atoms with Gasteiger partial charge in [-0.1, -0.05) is 13.8 Å². The SMILES string of the molecule is CO[Si](CCCNC1CCC(NCCNC(C)C)CC1)(OC)OC. The second kappa shape index (κ2) is 12.3. The zero-order valence-electron chi connectivity index (χ0n) is 16.3. The van der Waals surface area contributed by atoms with Gasteiger partial charge < -0.3 is 29.2 Å². The lowest BCUT2D eigenvalue weighted by Gasteiger charge is -2.30. The molecule has 0 heterocycles. The molecule has 1 fully saturated rings. The van der Waals surface area contributed by atoms with E-state index in [4.69, 9.17) is 13.3 Å². The van der Waals surface area contributed by atoms with Crippen LogP contribution >= 0.6 is 0 Å². The summed E-state index contributed by atoms with van der Waals surface area (Å²) in [4.78, 5) is 0. The van der Waals surface area contributed by atoms with Gasteiger partial charge in [0, 0.05) is 58.6 Å². The fourth-order valence-corrected chi connectivity index (χ4v) is 5.03. The van der Waals surface area contributed by atoms with Crippen LogP contribution in [-0.4, -0.2) is 67.9 Å². The molecule has 24 heavy (non-hydrogen) atoms. The average molecular weight is 362 g/mol. The molecular formula is C17H39N3O3Si. The van der Waals surface area contributed by atoms with E-state index in [1.165, 1.54) is 25.7 Å². The zero-order valence-corrected chi connectivity index (χ0v) is 17.3. The van der Waals surface area contributed by atoms with Gasteiger partial charge in [-0.15, -0.1) is 0 Å². The smallest absolute Gasteiger partial charge is 0.377 e. The first kappa shape index (κ1) is 22.0. The van der Waals surface area contributed by atoms with E-state index in [0.29, 0.717) is 18.1 Å². The lowest BCUT2D eigenvalue weighted by molar-refractivity contribution is 0.123. The highest BCUT2D eigenvalue weighted by Crippen LogP contribution is 2.19. The van der Waals surface area contributed by atoms with Crippen LogP contribution in [0.1, 0.15) is 46.0 Å². The quantitative estimate of drug-likeness (QED) is 0.343. The minimum atomic E-state index is -2.40. The Morgan fingerprint density at radius 3 is 1.79 bits per heavy atom. The fourth-order valence-electron chi connectivity index (χ4n) is 3.31. The molecule has 0 aromatic rings. The summed E-state index contributed by atoms with van der Waals surface area (Å²) in [7, 11) is 2.64.